The molecule has 0 aromatic heterocycles. The van der Waals surface area contributed by atoms with Crippen LogP contribution in [0.5, 0.6) is 0 Å². The van der Waals surface area contributed by atoms with Crippen molar-refractivity contribution in [3.05, 3.63) is 0 Å². The van der Waals surface area contributed by atoms with Gasteiger partial charge < -0.3 is 10.2 Å². The van der Waals surface area contributed by atoms with Crippen LogP contribution in [-0.2, 0) is 14.4 Å². The minimum atomic E-state index is -0.469. The van der Waals surface area contributed by atoms with Crippen molar-refractivity contribution in [2.24, 2.45) is 0 Å². The van der Waals surface area contributed by atoms with Gasteiger partial charge in [-0.3, -0.25) is 19.7 Å². The normalized spacial score (nSPS) is 30.8. The molecule has 0 saturated carbocycles. The molecule has 6 nitrogen and oxygen atoms in total. The lowest BCUT2D eigenvalue weighted by molar-refractivity contribution is -0.144. The predicted molar refractivity (Wildman–Crippen MR) is 55.3 cm³/mol. The molecular weight excluding hydrogens is 210 g/mol. The minimum absolute atomic E-state index is 0.0444. The van der Waals surface area contributed by atoms with Gasteiger partial charge in [-0.15, -0.1) is 0 Å². The van der Waals surface area contributed by atoms with Gasteiger partial charge in [0.1, 0.15) is 6.04 Å². The van der Waals surface area contributed by atoms with Crippen LogP contribution >= 0.6 is 0 Å². The average Bonchev–Trinajstić information content (AvgIpc) is 2.60. The Morgan fingerprint density at radius 1 is 1.31 bits per heavy atom. The first-order chi connectivity index (χ1) is 7.63. The van der Waals surface area contributed by atoms with E-state index in [1.165, 1.54) is 0 Å². The van der Waals surface area contributed by atoms with Gasteiger partial charge >= 0.3 is 0 Å². The number of imide groups is 1. The highest BCUT2D eigenvalue weighted by Gasteiger charge is 2.40. The number of piperidine rings is 1. The second-order valence-electron chi connectivity index (χ2n) is 4.13. The van der Waals surface area contributed by atoms with Crippen molar-refractivity contribution in [2.45, 2.75) is 31.3 Å². The van der Waals surface area contributed by atoms with Gasteiger partial charge in [-0.1, -0.05) is 0 Å². The van der Waals surface area contributed by atoms with Crippen LogP contribution in [0.1, 0.15) is 19.3 Å². The lowest BCUT2D eigenvalue weighted by atomic mass is 10.0. The number of hydrogen-bond acceptors (Lipinski definition) is 4. The quantitative estimate of drug-likeness (QED) is 0.567. The van der Waals surface area contributed by atoms with Gasteiger partial charge in [0.25, 0.3) is 0 Å². The van der Waals surface area contributed by atoms with Crippen LogP contribution < -0.4 is 10.6 Å². The number of amides is 3. The first kappa shape index (κ1) is 11.1. The van der Waals surface area contributed by atoms with Crippen LogP contribution in [0.3, 0.4) is 0 Å². The summed E-state index contributed by atoms with van der Waals surface area (Å²) in [6.45, 7) is 0.580. The van der Waals surface area contributed by atoms with E-state index in [1.807, 2.05) is 0 Å². The van der Waals surface area contributed by atoms with Gasteiger partial charge in [0.05, 0.1) is 6.04 Å². The molecule has 2 atom stereocenters. The fraction of sp³-hybridized carbons (Fsp3) is 0.700. The lowest BCUT2D eigenvalue weighted by Gasteiger charge is -2.29. The summed E-state index contributed by atoms with van der Waals surface area (Å²) in [5.74, 6) is -0.642. The summed E-state index contributed by atoms with van der Waals surface area (Å²) < 4.78 is 0. The van der Waals surface area contributed by atoms with Crippen molar-refractivity contribution in [1.29, 1.82) is 0 Å². The third-order valence-electron chi connectivity index (χ3n) is 3.17. The summed E-state index contributed by atoms with van der Waals surface area (Å²) >= 11 is 0. The zero-order valence-corrected chi connectivity index (χ0v) is 9.16. The SMILES string of the molecule is CNC1CCN(C2CCC(=O)NC2=O)C1=O. The maximum absolute atomic E-state index is 11.9. The number of nitrogens with zero attached hydrogens (tertiary/aromatic N) is 1. The van der Waals surface area contributed by atoms with Crippen molar-refractivity contribution in [3.63, 3.8) is 0 Å². The van der Waals surface area contributed by atoms with Crippen LogP contribution in [0.15, 0.2) is 0 Å². The Morgan fingerprint density at radius 3 is 2.62 bits per heavy atom. The Labute approximate surface area is 93.4 Å². The standard InChI is InChI=1S/C10H15N3O3/c1-11-6-4-5-13(10(6)16)7-2-3-8(14)12-9(7)15/h6-7,11H,2-5H2,1H3,(H,12,14,15). The number of likely N-dealkylation sites (N-methyl/N-ethyl adjacent to an activating group) is 1. The minimum Gasteiger partial charge on any atom is -0.329 e. The number of carbonyl (C=O) groups is 3. The Kier molecular flexibility index (Phi) is 2.91. The van der Waals surface area contributed by atoms with Crippen LogP contribution in [0.2, 0.25) is 0 Å². The van der Waals surface area contributed by atoms with Crippen molar-refractivity contribution in [2.75, 3.05) is 13.6 Å². The molecule has 2 fully saturated rings. The largest absolute Gasteiger partial charge is 0.329 e. The zero-order valence-electron chi connectivity index (χ0n) is 9.16. The van der Waals surface area contributed by atoms with E-state index in [1.54, 1.807) is 11.9 Å². The molecule has 0 spiro atoms. The molecule has 0 bridgehead atoms. The second-order valence-corrected chi connectivity index (χ2v) is 4.13. The van der Waals surface area contributed by atoms with E-state index < -0.39 is 6.04 Å². The number of hydrogen-bond donors (Lipinski definition) is 2. The highest BCUT2D eigenvalue weighted by atomic mass is 16.2. The fourth-order valence-electron chi connectivity index (χ4n) is 2.26. The van der Waals surface area contributed by atoms with Gasteiger partial charge in [-0.25, -0.2) is 0 Å². The van der Waals surface area contributed by atoms with Crippen LogP contribution in [0, 0.1) is 0 Å². The second kappa shape index (κ2) is 4.21. The van der Waals surface area contributed by atoms with Crippen LogP contribution in [0.4, 0.5) is 0 Å². The predicted octanol–water partition coefficient (Wildman–Crippen LogP) is -1.39. The van der Waals surface area contributed by atoms with Crippen molar-refractivity contribution < 1.29 is 14.4 Å². The molecule has 0 aliphatic carbocycles. The van der Waals surface area contributed by atoms with Crippen LogP contribution in [-0.4, -0.2) is 48.3 Å². The van der Waals surface area contributed by atoms with E-state index >= 15 is 0 Å². The third-order valence-corrected chi connectivity index (χ3v) is 3.17. The van der Waals surface area contributed by atoms with Gasteiger partial charge in [0, 0.05) is 13.0 Å². The number of likely N-dealkylation sites (tertiary alicyclic amines) is 1. The molecule has 3 amide bonds. The Morgan fingerprint density at radius 2 is 2.06 bits per heavy atom. The monoisotopic (exact) mass is 225 g/mol. The smallest absolute Gasteiger partial charge is 0.249 e. The molecule has 2 aliphatic heterocycles. The van der Waals surface area contributed by atoms with E-state index in [9.17, 15) is 14.4 Å². The molecule has 2 heterocycles. The van der Waals surface area contributed by atoms with E-state index in [-0.39, 0.29) is 23.8 Å². The lowest BCUT2D eigenvalue weighted by Crippen LogP contribution is -2.54. The summed E-state index contributed by atoms with van der Waals surface area (Å²) in [5, 5.41) is 5.18. The molecule has 88 valence electrons. The van der Waals surface area contributed by atoms with E-state index in [0.29, 0.717) is 25.8 Å². The summed E-state index contributed by atoms with van der Waals surface area (Å²) in [5.41, 5.74) is 0. The molecular formula is C10H15N3O3. The highest BCUT2D eigenvalue weighted by Crippen LogP contribution is 2.19. The van der Waals surface area contributed by atoms with Crippen LogP contribution in [0.25, 0.3) is 0 Å². The molecule has 2 unspecified atom stereocenters. The van der Waals surface area contributed by atoms with Gasteiger partial charge in [-0.2, -0.15) is 0 Å². The summed E-state index contributed by atoms with van der Waals surface area (Å²) in [6.07, 6.45) is 1.46. The maximum atomic E-state index is 11.9. The topological polar surface area (TPSA) is 78.5 Å². The Bertz CT molecular complexity index is 342. The molecule has 2 aliphatic rings. The number of rotatable bonds is 2. The van der Waals surface area contributed by atoms with Gasteiger partial charge in [-0.05, 0) is 19.9 Å². The summed E-state index contributed by atoms with van der Waals surface area (Å²) in [6, 6.07) is -0.658. The number of carbonyl (C=O) groups excluding carboxylic acids is 3. The van der Waals surface area contributed by atoms with Gasteiger partial charge in [0.15, 0.2) is 0 Å². The van der Waals surface area contributed by atoms with Crippen molar-refractivity contribution in [1.82, 2.24) is 15.5 Å². The first-order valence-electron chi connectivity index (χ1n) is 5.45. The summed E-state index contributed by atoms with van der Waals surface area (Å²) in [7, 11) is 1.73. The molecule has 0 radical (unpaired) electrons. The first-order valence-corrected chi connectivity index (χ1v) is 5.45. The Hall–Kier alpha value is -1.43. The zero-order chi connectivity index (χ0) is 11.7. The highest BCUT2D eigenvalue weighted by molar-refractivity contribution is 6.02. The Balaban J connectivity index is 2.06. The third kappa shape index (κ3) is 1.80. The molecule has 6 heteroatoms. The molecule has 2 N–H and O–H groups in total. The molecule has 0 aromatic carbocycles. The average molecular weight is 225 g/mol. The van der Waals surface area contributed by atoms with E-state index in [0.717, 1.165) is 0 Å². The molecule has 2 saturated heterocycles. The molecule has 2 rings (SSSR count). The van der Waals surface area contributed by atoms with E-state index in [2.05, 4.69) is 10.6 Å². The fourth-order valence-corrected chi connectivity index (χ4v) is 2.26. The maximum Gasteiger partial charge on any atom is 0.249 e. The molecule has 0 aromatic rings. The molecule has 16 heavy (non-hydrogen) atoms. The number of nitrogens with one attached hydrogen (secondary N) is 2. The van der Waals surface area contributed by atoms with Gasteiger partial charge in [0.2, 0.25) is 17.7 Å². The van der Waals surface area contributed by atoms with E-state index in [4.69, 9.17) is 0 Å². The van der Waals surface area contributed by atoms with Crippen molar-refractivity contribution in [3.8, 4) is 0 Å². The van der Waals surface area contributed by atoms with Crippen molar-refractivity contribution >= 4 is 17.7 Å². The summed E-state index contributed by atoms with van der Waals surface area (Å²) in [4.78, 5) is 36.0.